The second-order valence-electron chi connectivity index (χ2n) is 3.59. The lowest BCUT2D eigenvalue weighted by Gasteiger charge is -2.04. The summed E-state index contributed by atoms with van der Waals surface area (Å²) >= 11 is 16.6. The number of para-hydroxylation sites is 1. The Bertz CT molecular complexity index is 705. The van der Waals surface area contributed by atoms with E-state index in [0.717, 1.165) is 17.1 Å². The number of halogens is 3. The van der Waals surface area contributed by atoms with Gasteiger partial charge in [-0.15, -0.1) is 0 Å². The van der Waals surface area contributed by atoms with Crippen LogP contribution in [0.4, 0.5) is 0 Å². The number of hydrogen-bond acceptors (Lipinski definition) is 3. The Morgan fingerprint density at radius 1 is 1.37 bits per heavy atom. The Balaban J connectivity index is 2.65. The van der Waals surface area contributed by atoms with Gasteiger partial charge >= 0.3 is 6.07 Å². The summed E-state index contributed by atoms with van der Waals surface area (Å²) < 4.78 is 16.4. The maximum Gasteiger partial charge on any atom is 0.429 e. The standard InChI is InChI=1S/C11H8Cl3N2O2P/c12-7(6-15)5-9-8-3-1-2-4-10(8)16-11(9)18-19(13,14)17/h1-6,15-16H/b7-5+,15-6?. The first-order chi connectivity index (χ1) is 8.90. The number of allylic oxidation sites excluding steroid dienone is 1. The van der Waals surface area contributed by atoms with Crippen molar-refractivity contribution in [2.75, 3.05) is 0 Å². The number of benzene rings is 1. The van der Waals surface area contributed by atoms with Gasteiger partial charge in [0.25, 0.3) is 0 Å². The van der Waals surface area contributed by atoms with E-state index in [9.17, 15) is 4.57 Å². The van der Waals surface area contributed by atoms with Crippen LogP contribution in [0.3, 0.4) is 0 Å². The highest BCUT2D eigenvalue weighted by Crippen LogP contribution is 2.57. The van der Waals surface area contributed by atoms with E-state index in [1.54, 1.807) is 0 Å². The molecule has 0 amide bonds. The maximum absolute atomic E-state index is 11.4. The SMILES string of the molecule is N=C/C(Cl)=C\c1c(OP(=O)(Cl)Cl)[nH]c2ccccc12. The molecule has 2 aromatic rings. The minimum absolute atomic E-state index is 0.148. The Kier molecular flexibility index (Phi) is 4.26. The lowest BCUT2D eigenvalue weighted by molar-refractivity contribution is 0.505. The second kappa shape index (κ2) is 5.59. The highest BCUT2D eigenvalue weighted by Gasteiger charge is 2.21. The van der Waals surface area contributed by atoms with Crippen molar-refractivity contribution >= 4 is 63.4 Å². The number of H-pyrrole nitrogens is 1. The molecule has 1 aromatic heterocycles. The molecule has 0 aliphatic carbocycles. The van der Waals surface area contributed by atoms with Gasteiger partial charge in [-0.05, 0) is 12.1 Å². The number of fused-ring (bicyclic) bond motifs is 1. The summed E-state index contributed by atoms with van der Waals surface area (Å²) in [5.74, 6) is 0.148. The van der Waals surface area contributed by atoms with Crippen LogP contribution in [0.15, 0.2) is 29.3 Å². The molecule has 4 nitrogen and oxygen atoms in total. The summed E-state index contributed by atoms with van der Waals surface area (Å²) in [6.45, 7) is 0. The molecule has 0 saturated heterocycles. The molecular weight excluding hydrogens is 329 g/mol. The molecular formula is C11H8Cl3N2O2P. The van der Waals surface area contributed by atoms with Crippen molar-refractivity contribution in [3.8, 4) is 5.88 Å². The topological polar surface area (TPSA) is 65.9 Å². The minimum Gasteiger partial charge on any atom is -0.405 e. The van der Waals surface area contributed by atoms with E-state index in [1.165, 1.54) is 6.08 Å². The highest BCUT2D eigenvalue weighted by molar-refractivity contribution is 8.05. The van der Waals surface area contributed by atoms with Gasteiger partial charge in [-0.25, -0.2) is 4.57 Å². The Morgan fingerprint density at radius 2 is 2.05 bits per heavy atom. The second-order valence-corrected chi connectivity index (χ2v) is 8.23. The van der Waals surface area contributed by atoms with Gasteiger partial charge in [-0.1, -0.05) is 29.8 Å². The summed E-state index contributed by atoms with van der Waals surface area (Å²) in [5, 5.41) is 8.07. The quantitative estimate of drug-likeness (QED) is 0.582. The molecule has 2 rings (SSSR count). The first-order valence-electron chi connectivity index (χ1n) is 5.08. The van der Waals surface area contributed by atoms with Crippen LogP contribution in [0.2, 0.25) is 0 Å². The zero-order valence-corrected chi connectivity index (χ0v) is 12.5. The van der Waals surface area contributed by atoms with Gasteiger partial charge in [0.15, 0.2) is 0 Å². The zero-order valence-electron chi connectivity index (χ0n) is 9.36. The average molecular weight is 338 g/mol. The van der Waals surface area contributed by atoms with Gasteiger partial charge in [0.1, 0.15) is 0 Å². The molecule has 19 heavy (non-hydrogen) atoms. The van der Waals surface area contributed by atoms with Crippen molar-refractivity contribution in [2.45, 2.75) is 0 Å². The van der Waals surface area contributed by atoms with Crippen LogP contribution < -0.4 is 4.52 Å². The molecule has 100 valence electrons. The number of nitrogens with one attached hydrogen (secondary N) is 2. The van der Waals surface area contributed by atoms with Crippen LogP contribution in [0.5, 0.6) is 5.88 Å². The first kappa shape index (κ1) is 14.5. The average Bonchev–Trinajstić information content (AvgIpc) is 2.65. The third-order valence-electron chi connectivity index (χ3n) is 2.33. The van der Waals surface area contributed by atoms with Crippen LogP contribution in [0, 0.1) is 5.41 Å². The Morgan fingerprint density at radius 3 is 2.68 bits per heavy atom. The van der Waals surface area contributed by atoms with Crippen LogP contribution in [-0.4, -0.2) is 11.2 Å². The van der Waals surface area contributed by atoms with E-state index in [1.807, 2.05) is 24.3 Å². The molecule has 8 heteroatoms. The fourth-order valence-corrected chi connectivity index (χ4v) is 2.52. The summed E-state index contributed by atoms with van der Waals surface area (Å²) in [4.78, 5) is 2.91. The third-order valence-corrected chi connectivity index (χ3v) is 3.36. The highest BCUT2D eigenvalue weighted by atomic mass is 35.9. The predicted octanol–water partition coefficient (Wildman–Crippen LogP) is 5.36. The van der Waals surface area contributed by atoms with Gasteiger partial charge < -0.3 is 14.9 Å². The van der Waals surface area contributed by atoms with Gasteiger partial charge in [0, 0.05) is 45.2 Å². The first-order valence-corrected chi connectivity index (χ1v) is 8.89. The molecule has 0 aliphatic heterocycles. The Hall–Kier alpha value is -0.930. The van der Waals surface area contributed by atoms with E-state index in [4.69, 9.17) is 44.0 Å². The van der Waals surface area contributed by atoms with Crippen molar-refractivity contribution in [1.82, 2.24) is 4.98 Å². The van der Waals surface area contributed by atoms with Crippen molar-refractivity contribution in [3.05, 3.63) is 34.9 Å². The van der Waals surface area contributed by atoms with E-state index in [-0.39, 0.29) is 10.9 Å². The lowest BCUT2D eigenvalue weighted by atomic mass is 10.1. The smallest absolute Gasteiger partial charge is 0.405 e. The molecule has 1 aromatic carbocycles. The van der Waals surface area contributed by atoms with Crippen LogP contribution in [-0.2, 0) is 4.57 Å². The molecule has 0 spiro atoms. The largest absolute Gasteiger partial charge is 0.429 e. The van der Waals surface area contributed by atoms with E-state index in [2.05, 4.69) is 4.98 Å². The lowest BCUT2D eigenvalue weighted by Crippen LogP contribution is -1.84. The van der Waals surface area contributed by atoms with Crippen LogP contribution in [0.25, 0.3) is 17.0 Å². The summed E-state index contributed by atoms with van der Waals surface area (Å²) in [5.41, 5.74) is 1.28. The van der Waals surface area contributed by atoms with Crippen LogP contribution in [0.1, 0.15) is 5.56 Å². The normalized spacial score (nSPS) is 12.7. The van der Waals surface area contributed by atoms with E-state index < -0.39 is 6.07 Å². The summed E-state index contributed by atoms with van der Waals surface area (Å²) in [6, 6.07) is 7.29. The van der Waals surface area contributed by atoms with Crippen LogP contribution >= 0.6 is 40.2 Å². The zero-order chi connectivity index (χ0) is 14.0. The molecule has 0 bridgehead atoms. The van der Waals surface area contributed by atoms with Gasteiger partial charge in [-0.2, -0.15) is 0 Å². The van der Waals surface area contributed by atoms with E-state index >= 15 is 0 Å². The number of aromatic nitrogens is 1. The van der Waals surface area contributed by atoms with Gasteiger partial charge in [-0.3, -0.25) is 0 Å². The maximum atomic E-state index is 11.4. The number of rotatable bonds is 4. The molecule has 2 N–H and O–H groups in total. The fraction of sp³-hybridized carbons (Fsp3) is 0. The monoisotopic (exact) mass is 336 g/mol. The minimum atomic E-state index is -3.74. The van der Waals surface area contributed by atoms with Gasteiger partial charge in [0.2, 0.25) is 5.88 Å². The predicted molar refractivity (Wildman–Crippen MR) is 80.9 cm³/mol. The number of hydrogen-bond donors (Lipinski definition) is 2. The van der Waals surface area contributed by atoms with E-state index in [0.29, 0.717) is 5.56 Å². The summed E-state index contributed by atoms with van der Waals surface area (Å²) in [7, 11) is 0. The Labute approximate surface area is 123 Å². The molecule has 0 atom stereocenters. The van der Waals surface area contributed by atoms with Crippen molar-refractivity contribution < 1.29 is 9.09 Å². The number of aromatic amines is 1. The molecule has 0 saturated carbocycles. The van der Waals surface area contributed by atoms with Gasteiger partial charge in [0.05, 0.1) is 5.03 Å². The molecule has 0 unspecified atom stereocenters. The molecule has 0 fully saturated rings. The summed E-state index contributed by atoms with van der Waals surface area (Å²) in [6.07, 6.45) is -1.25. The molecule has 0 radical (unpaired) electrons. The van der Waals surface area contributed by atoms with Crippen molar-refractivity contribution in [3.63, 3.8) is 0 Å². The molecule has 0 aliphatic rings. The van der Waals surface area contributed by atoms with Crippen molar-refractivity contribution in [2.24, 2.45) is 0 Å². The third kappa shape index (κ3) is 3.54. The fourth-order valence-electron chi connectivity index (χ4n) is 1.64. The van der Waals surface area contributed by atoms with Crippen molar-refractivity contribution in [1.29, 1.82) is 5.41 Å². The molecule has 1 heterocycles.